The van der Waals surface area contributed by atoms with Crippen molar-refractivity contribution in [1.29, 1.82) is 0 Å². The molecule has 0 aliphatic rings. The number of carbonyl (C=O) groups excluding carboxylic acids is 6. The molecule has 2 rings (SSSR count). The van der Waals surface area contributed by atoms with E-state index >= 15 is 0 Å². The predicted octanol–water partition coefficient (Wildman–Crippen LogP) is 2.23. The molecule has 0 heterocycles. The molecule has 0 aliphatic heterocycles. The van der Waals surface area contributed by atoms with Gasteiger partial charge in [-0.15, -0.1) is 0 Å². The number of hydrogen-bond acceptors (Lipinski definition) is 10. The lowest BCUT2D eigenvalue weighted by atomic mass is 10.2. The van der Waals surface area contributed by atoms with E-state index in [1.165, 1.54) is 0 Å². The molecule has 0 aromatic heterocycles. The molecule has 0 bridgehead atoms. The van der Waals surface area contributed by atoms with Gasteiger partial charge in [-0.3, -0.25) is 28.8 Å². The third kappa shape index (κ3) is 9.67. The average molecular weight is 561 g/mol. The molecular weight excluding hydrogens is 532 g/mol. The summed E-state index contributed by atoms with van der Waals surface area (Å²) in [4.78, 5) is 75.0. The first kappa shape index (κ1) is 30.6. The number of amides is 2. The van der Waals surface area contributed by atoms with Gasteiger partial charge in [-0.25, -0.2) is 0 Å². The molecular formula is C26H28N2O8S2. The van der Waals surface area contributed by atoms with E-state index in [4.69, 9.17) is 9.47 Å². The molecule has 2 atom stereocenters. The molecule has 0 radical (unpaired) electrons. The largest absolute Gasteiger partial charge is 0.465 e. The van der Waals surface area contributed by atoms with Crippen molar-refractivity contribution in [1.82, 2.24) is 10.6 Å². The Morgan fingerprint density at radius 2 is 0.974 bits per heavy atom. The summed E-state index contributed by atoms with van der Waals surface area (Å²) in [5, 5.41) is 1.08. The van der Waals surface area contributed by atoms with Gasteiger partial charge in [-0.1, -0.05) is 84.2 Å². The summed E-state index contributed by atoms with van der Waals surface area (Å²) in [6, 6.07) is 16.3. The van der Waals surface area contributed by atoms with Gasteiger partial charge >= 0.3 is 11.9 Å². The third-order valence-corrected chi connectivity index (χ3v) is 6.85. The van der Waals surface area contributed by atoms with Gasteiger partial charge in [0.25, 0.3) is 0 Å². The molecule has 38 heavy (non-hydrogen) atoms. The van der Waals surface area contributed by atoms with Crippen LogP contribution in [0.25, 0.3) is 0 Å². The monoisotopic (exact) mass is 560 g/mol. The van der Waals surface area contributed by atoms with E-state index in [1.54, 1.807) is 74.5 Å². The van der Waals surface area contributed by atoms with Crippen LogP contribution in [-0.2, 0) is 28.7 Å². The first-order valence-electron chi connectivity index (χ1n) is 11.7. The van der Waals surface area contributed by atoms with Crippen LogP contribution in [-0.4, -0.2) is 70.8 Å². The van der Waals surface area contributed by atoms with Crippen LogP contribution in [0.15, 0.2) is 60.7 Å². The van der Waals surface area contributed by atoms with Gasteiger partial charge in [-0.2, -0.15) is 0 Å². The zero-order valence-corrected chi connectivity index (χ0v) is 22.5. The van der Waals surface area contributed by atoms with Gasteiger partial charge in [0.05, 0.1) is 13.2 Å². The highest BCUT2D eigenvalue weighted by molar-refractivity contribution is 8.16. The van der Waals surface area contributed by atoms with E-state index in [0.29, 0.717) is 34.7 Å². The average Bonchev–Trinajstić information content (AvgIpc) is 2.93. The number of esters is 2. The van der Waals surface area contributed by atoms with Crippen molar-refractivity contribution in [2.45, 2.75) is 24.3 Å². The normalized spacial score (nSPS) is 11.9. The summed E-state index contributed by atoms with van der Waals surface area (Å²) >= 11 is 1.04. The lowest BCUT2D eigenvalue weighted by Gasteiger charge is -2.16. The minimum atomic E-state index is -1.45. The van der Waals surface area contributed by atoms with E-state index in [9.17, 15) is 28.8 Å². The Bertz CT molecular complexity index is 1040. The standard InChI is InChI=1S/C26H28N2O8S2/c1-3-35-23(31)19(37-25(33)17-11-7-5-8-12-17)21(29)27-15-16-28-22(30)20(24(32)36-4-2)38-26(34)18-13-9-6-10-14-18/h5-14,19-20H,3-4,15-16H2,1-2H3,(H,27,29)(H,28,30). The fourth-order valence-corrected chi connectivity index (χ4v) is 4.59. The van der Waals surface area contributed by atoms with Crippen molar-refractivity contribution in [3.05, 3.63) is 71.8 Å². The maximum Gasteiger partial charge on any atom is 0.329 e. The quantitative estimate of drug-likeness (QED) is 0.212. The lowest BCUT2D eigenvalue weighted by Crippen LogP contribution is -2.45. The molecule has 2 N–H and O–H groups in total. The Kier molecular flexibility index (Phi) is 13.1. The van der Waals surface area contributed by atoms with Gasteiger partial charge in [0, 0.05) is 24.2 Å². The predicted molar refractivity (Wildman–Crippen MR) is 144 cm³/mol. The van der Waals surface area contributed by atoms with E-state index in [-0.39, 0.29) is 26.3 Å². The highest BCUT2D eigenvalue weighted by Gasteiger charge is 2.33. The molecule has 202 valence electrons. The maximum atomic E-state index is 12.7. The number of thioether (sulfide) groups is 2. The first-order valence-corrected chi connectivity index (χ1v) is 13.4. The summed E-state index contributed by atoms with van der Waals surface area (Å²) < 4.78 is 9.86. The lowest BCUT2D eigenvalue weighted by molar-refractivity contribution is -0.146. The van der Waals surface area contributed by atoms with E-state index in [1.807, 2.05) is 0 Å². The van der Waals surface area contributed by atoms with Crippen molar-refractivity contribution in [2.75, 3.05) is 26.3 Å². The van der Waals surface area contributed by atoms with Gasteiger partial charge in [-0.05, 0) is 13.8 Å². The van der Waals surface area contributed by atoms with Crippen LogP contribution in [0, 0.1) is 0 Å². The molecule has 2 amide bonds. The zero-order valence-electron chi connectivity index (χ0n) is 20.8. The Labute approximate surface area is 228 Å². The van der Waals surface area contributed by atoms with Crippen LogP contribution in [0.1, 0.15) is 34.6 Å². The second kappa shape index (κ2) is 16.3. The van der Waals surface area contributed by atoms with Gasteiger partial charge in [0.15, 0.2) is 10.5 Å². The molecule has 2 aromatic carbocycles. The van der Waals surface area contributed by atoms with Crippen LogP contribution >= 0.6 is 23.5 Å². The molecule has 2 unspecified atom stereocenters. The summed E-state index contributed by atoms with van der Waals surface area (Å²) in [5.74, 6) is -3.30. The second-order valence-corrected chi connectivity index (χ2v) is 9.54. The summed E-state index contributed by atoms with van der Waals surface area (Å²) in [7, 11) is 0. The second-order valence-electron chi connectivity index (χ2n) is 7.39. The molecule has 0 fully saturated rings. The van der Waals surface area contributed by atoms with Crippen molar-refractivity contribution >= 4 is 57.5 Å². The fraction of sp³-hybridized carbons (Fsp3) is 0.308. The molecule has 12 heteroatoms. The minimum absolute atomic E-state index is 0.0212. The van der Waals surface area contributed by atoms with Gasteiger partial charge in [0.1, 0.15) is 0 Å². The Balaban J connectivity index is 1.96. The van der Waals surface area contributed by atoms with E-state index < -0.39 is 44.5 Å². The topological polar surface area (TPSA) is 145 Å². The number of rotatable bonds is 13. The molecule has 0 saturated carbocycles. The Morgan fingerprint density at radius 3 is 1.29 bits per heavy atom. The molecule has 10 nitrogen and oxygen atoms in total. The smallest absolute Gasteiger partial charge is 0.329 e. The number of benzene rings is 2. The van der Waals surface area contributed by atoms with E-state index in [2.05, 4.69) is 10.6 Å². The van der Waals surface area contributed by atoms with Crippen molar-refractivity contribution in [3.8, 4) is 0 Å². The Morgan fingerprint density at radius 1 is 0.632 bits per heavy atom. The molecule has 0 saturated heterocycles. The maximum absolute atomic E-state index is 12.7. The summed E-state index contributed by atoms with van der Waals surface area (Å²) in [5.41, 5.74) is 0.638. The Hall–Kier alpha value is -3.64. The number of hydrogen-bond donors (Lipinski definition) is 2. The molecule has 2 aromatic rings. The fourth-order valence-electron chi connectivity index (χ4n) is 2.91. The van der Waals surface area contributed by atoms with Crippen molar-refractivity contribution in [3.63, 3.8) is 0 Å². The number of ether oxygens (including phenoxy) is 2. The summed E-state index contributed by atoms with van der Waals surface area (Å²) in [6.45, 7) is 2.96. The minimum Gasteiger partial charge on any atom is -0.465 e. The van der Waals surface area contributed by atoms with Crippen molar-refractivity contribution < 1.29 is 38.2 Å². The highest BCUT2D eigenvalue weighted by atomic mass is 32.2. The van der Waals surface area contributed by atoms with Crippen LogP contribution in [0.2, 0.25) is 0 Å². The van der Waals surface area contributed by atoms with E-state index in [0.717, 1.165) is 0 Å². The number of carbonyl (C=O) groups is 6. The zero-order chi connectivity index (χ0) is 27.9. The SMILES string of the molecule is CCOC(=O)C(SC(=O)c1ccccc1)C(=O)NCCNC(=O)C(SC(=O)c1ccccc1)C(=O)OCC. The first-order chi connectivity index (χ1) is 18.3. The van der Waals surface area contributed by atoms with Crippen LogP contribution in [0.4, 0.5) is 0 Å². The van der Waals surface area contributed by atoms with Crippen molar-refractivity contribution in [2.24, 2.45) is 0 Å². The molecule has 0 spiro atoms. The van der Waals surface area contributed by atoms with Gasteiger partial charge < -0.3 is 20.1 Å². The highest BCUT2D eigenvalue weighted by Crippen LogP contribution is 2.21. The van der Waals surface area contributed by atoms with Crippen LogP contribution < -0.4 is 10.6 Å². The summed E-state index contributed by atoms with van der Waals surface area (Å²) in [6.07, 6.45) is 0. The third-order valence-electron chi connectivity index (χ3n) is 4.67. The van der Waals surface area contributed by atoms with Crippen LogP contribution in [0.3, 0.4) is 0 Å². The van der Waals surface area contributed by atoms with Crippen LogP contribution in [0.5, 0.6) is 0 Å². The number of nitrogens with one attached hydrogen (secondary N) is 2. The van der Waals surface area contributed by atoms with Gasteiger partial charge in [0.2, 0.25) is 22.0 Å². The molecule has 0 aliphatic carbocycles.